The van der Waals surface area contributed by atoms with Gasteiger partial charge in [-0.1, -0.05) is 13.8 Å². The second kappa shape index (κ2) is 6.44. The lowest BCUT2D eigenvalue weighted by Gasteiger charge is -2.40. The molecule has 4 heteroatoms. The van der Waals surface area contributed by atoms with Crippen LogP contribution in [0.15, 0.2) is 0 Å². The fraction of sp³-hybridized carbons (Fsp3) is 0.938. The molecule has 0 bridgehead atoms. The zero-order valence-electron chi connectivity index (χ0n) is 13.2. The van der Waals surface area contributed by atoms with E-state index in [0.717, 1.165) is 25.3 Å². The number of nitrogens with zero attached hydrogens (tertiary/aromatic N) is 1. The molecule has 1 unspecified atom stereocenters. The van der Waals surface area contributed by atoms with Crippen molar-refractivity contribution in [3.63, 3.8) is 0 Å². The highest BCUT2D eigenvalue weighted by Gasteiger charge is 2.51. The highest BCUT2D eigenvalue weighted by Crippen LogP contribution is 2.41. The van der Waals surface area contributed by atoms with Crippen molar-refractivity contribution >= 4 is 5.97 Å². The van der Waals surface area contributed by atoms with E-state index < -0.39 is 11.5 Å². The first kappa shape index (κ1) is 15.8. The zero-order chi connectivity index (χ0) is 14.8. The number of aliphatic carboxylic acids is 1. The van der Waals surface area contributed by atoms with Crippen LogP contribution in [-0.2, 0) is 4.79 Å². The maximum absolute atomic E-state index is 11.9. The van der Waals surface area contributed by atoms with Gasteiger partial charge in [0.05, 0.1) is 0 Å². The van der Waals surface area contributed by atoms with Crippen molar-refractivity contribution in [2.75, 3.05) is 20.1 Å². The molecular weight excluding hydrogens is 252 g/mol. The smallest absolute Gasteiger partial charge is 0.325 e. The average molecular weight is 282 g/mol. The molecule has 2 aliphatic carbocycles. The van der Waals surface area contributed by atoms with Crippen LogP contribution in [0.2, 0.25) is 0 Å². The Kier molecular flexibility index (Phi) is 5.08. The van der Waals surface area contributed by atoms with E-state index in [-0.39, 0.29) is 0 Å². The Balaban J connectivity index is 2.01. The van der Waals surface area contributed by atoms with Gasteiger partial charge in [-0.05, 0) is 64.0 Å². The third-order valence-electron chi connectivity index (χ3n) is 5.26. The van der Waals surface area contributed by atoms with Gasteiger partial charge in [0, 0.05) is 12.6 Å². The Morgan fingerprint density at radius 1 is 1.25 bits per heavy atom. The van der Waals surface area contributed by atoms with Crippen LogP contribution in [0.4, 0.5) is 0 Å². The minimum atomic E-state index is -0.730. The average Bonchev–Trinajstić information content (AvgIpc) is 3.23. The van der Waals surface area contributed by atoms with E-state index in [4.69, 9.17) is 0 Å². The number of hydrogen-bond donors (Lipinski definition) is 2. The summed E-state index contributed by atoms with van der Waals surface area (Å²) < 4.78 is 0. The lowest BCUT2D eigenvalue weighted by Crippen LogP contribution is -2.61. The Bertz CT molecular complexity index is 335. The fourth-order valence-corrected chi connectivity index (χ4v) is 3.74. The van der Waals surface area contributed by atoms with Crippen LogP contribution in [0.5, 0.6) is 0 Å². The first-order chi connectivity index (χ1) is 9.49. The molecule has 2 aliphatic rings. The minimum Gasteiger partial charge on any atom is -0.480 e. The monoisotopic (exact) mass is 282 g/mol. The van der Waals surface area contributed by atoms with Gasteiger partial charge in [0.2, 0.25) is 0 Å². The van der Waals surface area contributed by atoms with Gasteiger partial charge in [0.1, 0.15) is 5.54 Å². The summed E-state index contributed by atoms with van der Waals surface area (Å²) in [6, 6.07) is 0.558. The summed E-state index contributed by atoms with van der Waals surface area (Å²) in [6.07, 6.45) is 7.08. The summed E-state index contributed by atoms with van der Waals surface area (Å²) >= 11 is 0. The van der Waals surface area contributed by atoms with Gasteiger partial charge in [-0.2, -0.15) is 0 Å². The van der Waals surface area contributed by atoms with Crippen molar-refractivity contribution in [1.82, 2.24) is 10.2 Å². The van der Waals surface area contributed by atoms with Crippen LogP contribution in [-0.4, -0.2) is 47.7 Å². The predicted molar refractivity (Wildman–Crippen MR) is 80.8 cm³/mol. The van der Waals surface area contributed by atoms with E-state index in [9.17, 15) is 9.90 Å². The van der Waals surface area contributed by atoms with E-state index in [0.29, 0.717) is 18.5 Å². The summed E-state index contributed by atoms with van der Waals surface area (Å²) in [7, 11) is 2.11. The third-order valence-corrected chi connectivity index (χ3v) is 5.26. The molecule has 4 nitrogen and oxygen atoms in total. The van der Waals surface area contributed by atoms with E-state index in [2.05, 4.69) is 24.2 Å². The minimum absolute atomic E-state index is 0.310. The molecule has 2 saturated carbocycles. The summed E-state index contributed by atoms with van der Waals surface area (Å²) in [5.74, 6) is 0.476. The second-order valence-corrected chi connectivity index (χ2v) is 6.91. The lowest BCUT2D eigenvalue weighted by molar-refractivity contribution is -0.147. The number of rotatable bonds is 7. The number of hydrogen-bond acceptors (Lipinski definition) is 3. The molecule has 0 aromatic heterocycles. The number of carboxylic acid groups (broad SMARTS) is 1. The molecule has 0 spiro atoms. The largest absolute Gasteiger partial charge is 0.480 e. The fourth-order valence-electron chi connectivity index (χ4n) is 3.74. The first-order valence-corrected chi connectivity index (χ1v) is 8.18. The van der Waals surface area contributed by atoms with Gasteiger partial charge in [-0.3, -0.25) is 4.79 Å². The lowest BCUT2D eigenvalue weighted by atomic mass is 9.85. The van der Waals surface area contributed by atoms with E-state index in [1.165, 1.54) is 25.7 Å². The summed E-state index contributed by atoms with van der Waals surface area (Å²) in [4.78, 5) is 14.2. The van der Waals surface area contributed by atoms with Crippen LogP contribution >= 0.6 is 0 Å². The van der Waals surface area contributed by atoms with Gasteiger partial charge >= 0.3 is 5.97 Å². The molecule has 0 saturated heterocycles. The quantitative estimate of drug-likeness (QED) is 0.752. The van der Waals surface area contributed by atoms with Gasteiger partial charge in [0.15, 0.2) is 0 Å². The van der Waals surface area contributed by atoms with Crippen LogP contribution < -0.4 is 5.32 Å². The maximum atomic E-state index is 11.9. The maximum Gasteiger partial charge on any atom is 0.325 e. The molecule has 0 radical (unpaired) electrons. The van der Waals surface area contributed by atoms with Crippen LogP contribution in [0.1, 0.15) is 52.4 Å². The summed E-state index contributed by atoms with van der Waals surface area (Å²) in [5, 5.41) is 13.1. The Labute approximate surface area is 122 Å². The highest BCUT2D eigenvalue weighted by atomic mass is 16.4. The van der Waals surface area contributed by atoms with E-state index >= 15 is 0 Å². The Morgan fingerprint density at radius 3 is 2.30 bits per heavy atom. The number of carbonyl (C=O) groups is 1. The molecule has 2 N–H and O–H groups in total. The van der Waals surface area contributed by atoms with E-state index in [1.807, 2.05) is 6.92 Å². The molecular formula is C16H30N2O2. The second-order valence-electron chi connectivity index (χ2n) is 6.91. The topological polar surface area (TPSA) is 52.6 Å². The van der Waals surface area contributed by atoms with Gasteiger partial charge in [0.25, 0.3) is 0 Å². The Hall–Kier alpha value is -0.610. The molecule has 0 aliphatic heterocycles. The molecule has 0 heterocycles. The van der Waals surface area contributed by atoms with Crippen molar-refractivity contribution in [1.29, 1.82) is 0 Å². The molecule has 2 fully saturated rings. The molecule has 2 rings (SSSR count). The van der Waals surface area contributed by atoms with Crippen LogP contribution in [0, 0.1) is 11.8 Å². The number of carboxylic acids is 1. The number of nitrogens with one attached hydrogen (secondary N) is 1. The molecule has 0 aromatic carbocycles. The molecule has 1 atom stereocenters. The number of likely N-dealkylation sites (N-methyl/N-ethyl adjacent to an activating group) is 2. The first-order valence-electron chi connectivity index (χ1n) is 8.18. The standard InChI is InChI=1S/C16H30N2O2/c1-4-17-16(15(19)20,13-7-8-13)11-18(3)14-9-5-12(2)6-10-14/h12-14,17H,4-11H2,1-3H3,(H,19,20). The Morgan fingerprint density at radius 2 is 1.85 bits per heavy atom. The summed E-state index contributed by atoms with van der Waals surface area (Å²) in [5.41, 5.74) is -0.730. The van der Waals surface area contributed by atoms with Crippen molar-refractivity contribution in [2.24, 2.45) is 11.8 Å². The van der Waals surface area contributed by atoms with Gasteiger partial charge in [-0.15, -0.1) is 0 Å². The normalized spacial score (nSPS) is 30.2. The zero-order valence-corrected chi connectivity index (χ0v) is 13.2. The van der Waals surface area contributed by atoms with Crippen molar-refractivity contribution in [3.05, 3.63) is 0 Å². The van der Waals surface area contributed by atoms with Crippen molar-refractivity contribution in [2.45, 2.75) is 64.0 Å². The van der Waals surface area contributed by atoms with Crippen LogP contribution in [0.3, 0.4) is 0 Å². The molecule has 0 aromatic rings. The van der Waals surface area contributed by atoms with Gasteiger partial charge in [-0.25, -0.2) is 0 Å². The highest BCUT2D eigenvalue weighted by molar-refractivity contribution is 5.80. The predicted octanol–water partition coefficient (Wildman–Crippen LogP) is 2.34. The molecule has 116 valence electrons. The SMILES string of the molecule is CCNC(CN(C)C1CCC(C)CC1)(C(=O)O)C1CC1. The molecule has 0 amide bonds. The van der Waals surface area contributed by atoms with E-state index in [1.54, 1.807) is 0 Å². The summed E-state index contributed by atoms with van der Waals surface area (Å²) in [6.45, 7) is 5.68. The third kappa shape index (κ3) is 3.34. The van der Waals surface area contributed by atoms with Crippen molar-refractivity contribution < 1.29 is 9.90 Å². The van der Waals surface area contributed by atoms with Gasteiger partial charge < -0.3 is 15.3 Å². The van der Waals surface area contributed by atoms with Crippen LogP contribution in [0.25, 0.3) is 0 Å². The molecule has 20 heavy (non-hydrogen) atoms. The van der Waals surface area contributed by atoms with Crippen molar-refractivity contribution in [3.8, 4) is 0 Å².